The zero-order chi connectivity index (χ0) is 18.8. The Morgan fingerprint density at radius 3 is 2.41 bits per heavy atom. The molecular weight excluding hydrogens is 356 g/mol. The highest BCUT2D eigenvalue weighted by Crippen LogP contribution is 2.23. The topological polar surface area (TPSA) is 60.2 Å². The molecule has 0 fully saturated rings. The van der Waals surface area contributed by atoms with E-state index in [0.717, 1.165) is 27.9 Å². The summed E-state index contributed by atoms with van der Waals surface area (Å²) < 4.78 is 1.96. The van der Waals surface area contributed by atoms with E-state index in [0.29, 0.717) is 16.9 Å². The van der Waals surface area contributed by atoms with Crippen LogP contribution < -0.4 is 0 Å². The predicted molar refractivity (Wildman–Crippen MR) is 106 cm³/mol. The van der Waals surface area contributed by atoms with Crippen molar-refractivity contribution in [1.29, 1.82) is 0 Å². The fourth-order valence-corrected chi connectivity index (χ4v) is 3.89. The molecular formula is C21H18N4OS. The van der Waals surface area contributed by atoms with Crippen LogP contribution in [0.5, 0.6) is 0 Å². The molecule has 0 radical (unpaired) electrons. The number of benzene rings is 2. The van der Waals surface area contributed by atoms with Crippen molar-refractivity contribution in [2.24, 2.45) is 0 Å². The largest absolute Gasteiger partial charge is 0.289 e. The van der Waals surface area contributed by atoms with Gasteiger partial charge in [-0.25, -0.2) is 4.98 Å². The summed E-state index contributed by atoms with van der Waals surface area (Å²) in [4.78, 5) is 16.9. The van der Waals surface area contributed by atoms with Crippen LogP contribution in [0.2, 0.25) is 0 Å². The van der Waals surface area contributed by atoms with Gasteiger partial charge in [0.25, 0.3) is 5.78 Å². The third-order valence-electron chi connectivity index (χ3n) is 4.28. The number of hydrogen-bond donors (Lipinski definition) is 0. The van der Waals surface area contributed by atoms with Gasteiger partial charge >= 0.3 is 0 Å². The first-order chi connectivity index (χ1) is 13.1. The molecule has 0 aliphatic carbocycles. The van der Waals surface area contributed by atoms with E-state index in [1.165, 1.54) is 0 Å². The Hall–Kier alpha value is -2.99. The second kappa shape index (κ2) is 7.32. The van der Waals surface area contributed by atoms with Gasteiger partial charge in [0.2, 0.25) is 0 Å². The molecule has 0 amide bonds. The van der Waals surface area contributed by atoms with E-state index in [1.54, 1.807) is 11.8 Å². The number of thioether (sulfide) groups is 1. The van der Waals surface area contributed by atoms with Gasteiger partial charge in [-0.15, -0.1) is 10.2 Å². The molecule has 0 bridgehead atoms. The first kappa shape index (κ1) is 17.4. The van der Waals surface area contributed by atoms with Crippen molar-refractivity contribution in [2.45, 2.75) is 24.8 Å². The van der Waals surface area contributed by atoms with Crippen LogP contribution in [-0.2, 0) is 5.75 Å². The number of hydrogen-bond acceptors (Lipinski definition) is 5. The standard InChI is InChI=1S/C21H18N4OS/c1-14-12-15(2)25-20(22-14)23-24-21(25)27-13-16-8-10-18(11-9-16)19(26)17-6-4-3-5-7-17/h3-12H,13H2,1-2H3. The Labute approximate surface area is 161 Å². The van der Waals surface area contributed by atoms with E-state index in [2.05, 4.69) is 15.2 Å². The molecule has 2 aromatic heterocycles. The molecule has 0 atom stereocenters. The molecule has 4 aromatic rings. The van der Waals surface area contributed by atoms with Gasteiger partial charge in [-0.05, 0) is 25.5 Å². The van der Waals surface area contributed by atoms with E-state index >= 15 is 0 Å². The SMILES string of the molecule is Cc1cc(C)n2c(SCc3ccc(C(=O)c4ccccc4)cc3)nnc2n1. The third-order valence-corrected chi connectivity index (χ3v) is 5.28. The number of fused-ring (bicyclic) bond motifs is 1. The lowest BCUT2D eigenvalue weighted by molar-refractivity contribution is 0.103. The summed E-state index contributed by atoms with van der Waals surface area (Å²) in [6.45, 7) is 3.98. The van der Waals surface area contributed by atoms with Crippen LogP contribution in [0.15, 0.2) is 65.8 Å². The lowest BCUT2D eigenvalue weighted by atomic mass is 10.0. The molecule has 0 aliphatic rings. The monoisotopic (exact) mass is 374 g/mol. The number of carbonyl (C=O) groups excluding carboxylic acids is 1. The fraction of sp³-hybridized carbons (Fsp3) is 0.143. The zero-order valence-corrected chi connectivity index (χ0v) is 15.9. The Morgan fingerprint density at radius 2 is 1.67 bits per heavy atom. The highest BCUT2D eigenvalue weighted by Gasteiger charge is 2.11. The molecule has 27 heavy (non-hydrogen) atoms. The van der Waals surface area contributed by atoms with E-state index < -0.39 is 0 Å². The Kier molecular flexibility index (Phi) is 4.73. The van der Waals surface area contributed by atoms with E-state index in [9.17, 15) is 4.79 Å². The smallest absolute Gasteiger partial charge is 0.256 e. The van der Waals surface area contributed by atoms with Gasteiger partial charge in [0.1, 0.15) is 0 Å². The Morgan fingerprint density at radius 1 is 0.963 bits per heavy atom. The molecule has 6 heteroatoms. The van der Waals surface area contributed by atoms with Crippen LogP contribution in [0.4, 0.5) is 0 Å². The Balaban J connectivity index is 1.49. The van der Waals surface area contributed by atoms with Gasteiger partial charge in [0.05, 0.1) is 0 Å². The van der Waals surface area contributed by atoms with Crippen LogP contribution in [0.25, 0.3) is 5.78 Å². The van der Waals surface area contributed by atoms with E-state index in [4.69, 9.17) is 0 Å². The van der Waals surface area contributed by atoms with Crippen molar-refractivity contribution in [1.82, 2.24) is 19.6 Å². The number of aryl methyl sites for hydroxylation is 2. The van der Waals surface area contributed by atoms with Crippen LogP contribution >= 0.6 is 11.8 Å². The maximum absolute atomic E-state index is 12.5. The van der Waals surface area contributed by atoms with Gasteiger partial charge in [-0.3, -0.25) is 9.20 Å². The van der Waals surface area contributed by atoms with E-state index in [-0.39, 0.29) is 5.78 Å². The number of carbonyl (C=O) groups is 1. The molecule has 2 heterocycles. The lowest BCUT2D eigenvalue weighted by Crippen LogP contribution is -2.01. The van der Waals surface area contributed by atoms with Gasteiger partial charge in [-0.1, -0.05) is 66.4 Å². The quantitative estimate of drug-likeness (QED) is 0.386. The molecule has 2 aromatic carbocycles. The van der Waals surface area contributed by atoms with Gasteiger partial charge in [-0.2, -0.15) is 0 Å². The van der Waals surface area contributed by atoms with Crippen LogP contribution in [0.3, 0.4) is 0 Å². The normalized spacial score (nSPS) is 11.0. The van der Waals surface area contributed by atoms with Gasteiger partial charge in [0, 0.05) is 28.3 Å². The van der Waals surface area contributed by atoms with Crippen molar-refractivity contribution in [2.75, 3.05) is 0 Å². The zero-order valence-electron chi connectivity index (χ0n) is 15.1. The summed E-state index contributed by atoms with van der Waals surface area (Å²) in [5.41, 5.74) is 4.52. The highest BCUT2D eigenvalue weighted by molar-refractivity contribution is 7.98. The highest BCUT2D eigenvalue weighted by atomic mass is 32.2. The van der Waals surface area contributed by atoms with Crippen molar-refractivity contribution in [3.05, 3.63) is 88.7 Å². The molecule has 0 saturated heterocycles. The van der Waals surface area contributed by atoms with Crippen molar-refractivity contribution in [3.63, 3.8) is 0 Å². The molecule has 0 saturated carbocycles. The molecule has 0 aliphatic heterocycles. The number of aromatic nitrogens is 4. The summed E-state index contributed by atoms with van der Waals surface area (Å²) in [5.74, 6) is 1.41. The summed E-state index contributed by atoms with van der Waals surface area (Å²) in [7, 11) is 0. The maximum Gasteiger partial charge on any atom is 0.256 e. The maximum atomic E-state index is 12.5. The predicted octanol–water partition coefficient (Wildman–Crippen LogP) is 4.26. The minimum absolute atomic E-state index is 0.0373. The molecule has 0 N–H and O–H groups in total. The molecule has 0 spiro atoms. The van der Waals surface area contributed by atoms with Crippen molar-refractivity contribution in [3.8, 4) is 0 Å². The second-order valence-corrected chi connectivity index (χ2v) is 7.28. The summed E-state index contributed by atoms with van der Waals surface area (Å²) >= 11 is 1.60. The average molecular weight is 374 g/mol. The first-order valence-corrected chi connectivity index (χ1v) is 9.61. The molecule has 0 unspecified atom stereocenters. The Bertz CT molecular complexity index is 1100. The lowest BCUT2D eigenvalue weighted by Gasteiger charge is -2.05. The van der Waals surface area contributed by atoms with Crippen molar-refractivity contribution >= 4 is 23.3 Å². The summed E-state index contributed by atoms with van der Waals surface area (Å²) in [6, 6.07) is 19.1. The summed E-state index contributed by atoms with van der Waals surface area (Å²) in [5, 5.41) is 9.24. The van der Waals surface area contributed by atoms with Crippen LogP contribution in [0.1, 0.15) is 32.9 Å². The van der Waals surface area contributed by atoms with E-state index in [1.807, 2.05) is 78.9 Å². The van der Waals surface area contributed by atoms with Gasteiger partial charge < -0.3 is 0 Å². The van der Waals surface area contributed by atoms with Crippen molar-refractivity contribution < 1.29 is 4.79 Å². The number of nitrogens with zero attached hydrogens (tertiary/aromatic N) is 4. The minimum atomic E-state index is 0.0373. The summed E-state index contributed by atoms with van der Waals surface area (Å²) in [6.07, 6.45) is 0. The van der Waals surface area contributed by atoms with Crippen LogP contribution in [-0.4, -0.2) is 25.4 Å². The number of rotatable bonds is 5. The molecule has 134 valence electrons. The minimum Gasteiger partial charge on any atom is -0.289 e. The van der Waals surface area contributed by atoms with Gasteiger partial charge in [0.15, 0.2) is 10.9 Å². The average Bonchev–Trinajstić information content (AvgIpc) is 3.10. The fourth-order valence-electron chi connectivity index (χ4n) is 2.95. The van der Waals surface area contributed by atoms with Crippen LogP contribution in [0, 0.1) is 13.8 Å². The second-order valence-electron chi connectivity index (χ2n) is 6.34. The first-order valence-electron chi connectivity index (χ1n) is 8.63. The molecule has 5 nitrogen and oxygen atoms in total. The molecule has 4 rings (SSSR count). The number of ketones is 1. The third kappa shape index (κ3) is 3.61.